The quantitative estimate of drug-likeness (QED) is 0.384. The first-order chi connectivity index (χ1) is 14.0. The molecule has 0 heterocycles. The van der Waals surface area contributed by atoms with Gasteiger partial charge in [-0.05, 0) is 84.5 Å². The molecule has 0 nitrogen and oxygen atoms in total. The molecule has 30 heavy (non-hydrogen) atoms. The highest BCUT2D eigenvalue weighted by Crippen LogP contribution is 2.59. The largest absolute Gasteiger partial charge is 0.0990 e. The highest BCUT2D eigenvalue weighted by atomic mass is 14.5. The Bertz CT molecular complexity index is 709. The lowest BCUT2D eigenvalue weighted by molar-refractivity contribution is 0.106. The second kappa shape index (κ2) is 9.22. The van der Waals surface area contributed by atoms with Crippen LogP contribution in [0.4, 0.5) is 0 Å². The van der Waals surface area contributed by atoms with Crippen LogP contribution in [0.2, 0.25) is 0 Å². The Morgan fingerprint density at radius 3 is 2.60 bits per heavy atom. The zero-order valence-electron chi connectivity index (χ0n) is 21.1. The van der Waals surface area contributed by atoms with Gasteiger partial charge >= 0.3 is 0 Å². The molecule has 6 atom stereocenters. The average Bonchev–Trinajstić information content (AvgIpc) is 3.00. The first-order valence-corrected chi connectivity index (χ1v) is 12.8. The van der Waals surface area contributed by atoms with Gasteiger partial charge in [0, 0.05) is 0 Å². The number of fused-ring (bicyclic) bond motifs is 1. The zero-order valence-corrected chi connectivity index (χ0v) is 21.1. The summed E-state index contributed by atoms with van der Waals surface area (Å²) in [4.78, 5) is 0. The molecule has 0 radical (unpaired) electrons. The molecule has 0 aromatic heterocycles. The van der Waals surface area contributed by atoms with Gasteiger partial charge in [-0.1, -0.05) is 103 Å². The first-order valence-electron chi connectivity index (χ1n) is 12.8. The topological polar surface area (TPSA) is 0 Å². The predicted molar refractivity (Wildman–Crippen MR) is 133 cm³/mol. The van der Waals surface area contributed by atoms with Crippen LogP contribution in [0.1, 0.15) is 99.8 Å². The number of rotatable bonds is 6. The van der Waals surface area contributed by atoms with Crippen LogP contribution in [0.15, 0.2) is 47.6 Å². The van der Waals surface area contributed by atoms with Crippen LogP contribution >= 0.6 is 0 Å². The fourth-order valence-electron chi connectivity index (χ4n) is 6.89. The van der Waals surface area contributed by atoms with Crippen molar-refractivity contribution >= 4 is 0 Å². The Morgan fingerprint density at radius 2 is 1.93 bits per heavy atom. The van der Waals surface area contributed by atoms with Crippen molar-refractivity contribution in [3.63, 3.8) is 0 Å². The molecule has 0 spiro atoms. The molecule has 1 unspecified atom stereocenters. The van der Waals surface area contributed by atoms with E-state index in [9.17, 15) is 0 Å². The number of hydrogen-bond acceptors (Lipinski definition) is 0. The molecule has 0 aliphatic heterocycles. The molecule has 3 rings (SSSR count). The van der Waals surface area contributed by atoms with Gasteiger partial charge in [-0.15, -0.1) is 0 Å². The van der Waals surface area contributed by atoms with Gasteiger partial charge in [-0.3, -0.25) is 0 Å². The molecule has 0 amide bonds. The van der Waals surface area contributed by atoms with Gasteiger partial charge in [0.05, 0.1) is 0 Å². The van der Waals surface area contributed by atoms with Crippen molar-refractivity contribution in [3.05, 3.63) is 47.6 Å². The standard InChI is InChI=1S/C30H48/c1-21(11-9-17-29(5,6)7)27-15-16-28-26(12-10-18-30(27,28)8)14-13-25-19-22(2)24(4)23(3)20-25/h12-14,19,21-23,27-28H,4,9-11,15-18,20H2,1-3,5-8H3/b14-13-/t21?,22-,23-,27-,28+,30-/m1/s1. The monoisotopic (exact) mass is 408 g/mol. The zero-order chi connectivity index (χ0) is 22.1. The smallest absolute Gasteiger partial charge is 0.00457 e. The molecule has 3 aliphatic carbocycles. The summed E-state index contributed by atoms with van der Waals surface area (Å²) in [5, 5.41) is 0. The van der Waals surface area contributed by atoms with Gasteiger partial charge in [0.1, 0.15) is 0 Å². The molecule has 3 aliphatic rings. The molecular weight excluding hydrogens is 360 g/mol. The van der Waals surface area contributed by atoms with E-state index >= 15 is 0 Å². The van der Waals surface area contributed by atoms with Crippen LogP contribution in [0.3, 0.4) is 0 Å². The third kappa shape index (κ3) is 5.23. The summed E-state index contributed by atoms with van der Waals surface area (Å²) in [6, 6.07) is 0. The van der Waals surface area contributed by atoms with Crippen molar-refractivity contribution in [2.75, 3.05) is 0 Å². The molecule has 0 bridgehead atoms. The van der Waals surface area contributed by atoms with Gasteiger partial charge < -0.3 is 0 Å². The summed E-state index contributed by atoms with van der Waals surface area (Å²) in [7, 11) is 0. The lowest BCUT2D eigenvalue weighted by atomic mass is 9.62. The molecule has 0 aromatic rings. The molecule has 1 saturated carbocycles. The summed E-state index contributed by atoms with van der Waals surface area (Å²) in [6.45, 7) is 21.3. The summed E-state index contributed by atoms with van der Waals surface area (Å²) < 4.78 is 0. The lowest BCUT2D eigenvalue weighted by Crippen LogP contribution is -2.35. The number of allylic oxidation sites excluding steroid dienone is 7. The Hall–Kier alpha value is -1.04. The SMILES string of the molecule is C=C1[C@H](C)C=C(/C=C\C2=CCC[C@]3(C)[C@@H](C(C)CCCC(C)(C)C)CC[C@@H]23)C[C@H]1C. The number of hydrogen-bond donors (Lipinski definition) is 0. The van der Waals surface area contributed by atoms with Crippen LogP contribution in [-0.4, -0.2) is 0 Å². The van der Waals surface area contributed by atoms with Crippen molar-refractivity contribution < 1.29 is 0 Å². The van der Waals surface area contributed by atoms with E-state index in [-0.39, 0.29) is 0 Å². The summed E-state index contributed by atoms with van der Waals surface area (Å²) in [6.07, 6.45) is 20.7. The van der Waals surface area contributed by atoms with Crippen LogP contribution in [0.5, 0.6) is 0 Å². The maximum absolute atomic E-state index is 4.29. The third-order valence-electron chi connectivity index (χ3n) is 8.86. The van der Waals surface area contributed by atoms with Crippen LogP contribution < -0.4 is 0 Å². The third-order valence-corrected chi connectivity index (χ3v) is 8.86. The van der Waals surface area contributed by atoms with Crippen LogP contribution in [-0.2, 0) is 0 Å². The molecule has 168 valence electrons. The molecule has 1 fully saturated rings. The van der Waals surface area contributed by atoms with Crippen molar-refractivity contribution in [2.24, 2.45) is 40.4 Å². The van der Waals surface area contributed by atoms with Gasteiger partial charge in [0.15, 0.2) is 0 Å². The summed E-state index contributed by atoms with van der Waals surface area (Å²) >= 11 is 0. The fraction of sp³-hybridized carbons (Fsp3) is 0.733. The second-order valence-electron chi connectivity index (χ2n) is 12.5. The minimum atomic E-state index is 0.475. The van der Waals surface area contributed by atoms with Gasteiger partial charge in [0.25, 0.3) is 0 Å². The van der Waals surface area contributed by atoms with Crippen molar-refractivity contribution in [3.8, 4) is 0 Å². The fourth-order valence-corrected chi connectivity index (χ4v) is 6.89. The Balaban J connectivity index is 1.66. The average molecular weight is 409 g/mol. The highest BCUT2D eigenvalue weighted by molar-refractivity contribution is 5.36. The highest BCUT2D eigenvalue weighted by Gasteiger charge is 2.49. The summed E-state index contributed by atoms with van der Waals surface area (Å²) in [5.74, 6) is 3.66. The summed E-state index contributed by atoms with van der Waals surface area (Å²) in [5.41, 5.74) is 5.53. The second-order valence-corrected chi connectivity index (χ2v) is 12.5. The van der Waals surface area contributed by atoms with Crippen molar-refractivity contribution in [1.29, 1.82) is 0 Å². The Morgan fingerprint density at radius 1 is 1.20 bits per heavy atom. The van der Waals surface area contributed by atoms with E-state index in [0.29, 0.717) is 22.7 Å². The molecule has 0 heteroatoms. The minimum Gasteiger partial charge on any atom is -0.0990 e. The molecule has 0 saturated heterocycles. The van der Waals surface area contributed by atoms with Gasteiger partial charge in [-0.25, -0.2) is 0 Å². The van der Waals surface area contributed by atoms with Gasteiger partial charge in [0.2, 0.25) is 0 Å². The van der Waals surface area contributed by atoms with Crippen molar-refractivity contribution in [2.45, 2.75) is 99.8 Å². The molecule has 0 N–H and O–H groups in total. The minimum absolute atomic E-state index is 0.475. The van der Waals surface area contributed by atoms with E-state index < -0.39 is 0 Å². The maximum Gasteiger partial charge on any atom is -0.00457 e. The van der Waals surface area contributed by atoms with E-state index in [2.05, 4.69) is 79.3 Å². The Labute approximate surface area is 188 Å². The molecular formula is C30H48. The Kier molecular flexibility index (Phi) is 7.26. The lowest BCUT2D eigenvalue weighted by Gasteiger charge is -2.43. The normalized spacial score (nSPS) is 35.9. The molecule has 0 aromatic carbocycles. The van der Waals surface area contributed by atoms with Crippen molar-refractivity contribution in [1.82, 2.24) is 0 Å². The van der Waals surface area contributed by atoms with E-state index in [1.54, 1.807) is 5.57 Å². The van der Waals surface area contributed by atoms with Crippen LogP contribution in [0, 0.1) is 40.4 Å². The van der Waals surface area contributed by atoms with Crippen LogP contribution in [0.25, 0.3) is 0 Å². The predicted octanol–water partition coefficient (Wildman–Crippen LogP) is 9.31. The van der Waals surface area contributed by atoms with E-state index in [1.165, 1.54) is 56.1 Å². The van der Waals surface area contributed by atoms with Gasteiger partial charge in [-0.2, -0.15) is 0 Å². The van der Waals surface area contributed by atoms with E-state index in [1.807, 2.05) is 0 Å². The first kappa shape index (κ1) is 23.6. The maximum atomic E-state index is 4.29. The van der Waals surface area contributed by atoms with E-state index in [4.69, 9.17) is 0 Å². The van der Waals surface area contributed by atoms with E-state index in [0.717, 1.165) is 24.2 Å².